The molecule has 0 saturated carbocycles. The van der Waals surface area contributed by atoms with Crippen molar-refractivity contribution in [1.29, 1.82) is 0 Å². The number of carbonyl (C=O) groups excluding carboxylic acids is 7. The van der Waals surface area contributed by atoms with Crippen LogP contribution in [-0.2, 0) is 52.2 Å². The summed E-state index contributed by atoms with van der Waals surface area (Å²) in [6, 6.07) is 14.5. The number of nitrogens with two attached hydrogens (primary N) is 7. The average molecular weight is 1820 g/mol. The Morgan fingerprint density at radius 2 is 1.02 bits per heavy atom. The third-order valence-corrected chi connectivity index (χ3v) is 14.6. The van der Waals surface area contributed by atoms with Crippen molar-refractivity contribution in [2.45, 2.75) is 137 Å². The number of hydrogen-bond acceptors (Lipinski definition) is 38. The van der Waals surface area contributed by atoms with Gasteiger partial charge in [-0.25, -0.2) is 24.1 Å². The first-order valence-corrected chi connectivity index (χ1v) is 35.2. The number of guanidine groups is 4. The number of benzene rings is 2. The van der Waals surface area contributed by atoms with Crippen LogP contribution in [0.15, 0.2) is 110 Å². The molecule has 1 aliphatic heterocycles. The van der Waals surface area contributed by atoms with Crippen molar-refractivity contribution in [1.82, 2.24) is 24.5 Å². The van der Waals surface area contributed by atoms with Crippen LogP contribution in [0.4, 0.5) is 11.4 Å². The zero-order chi connectivity index (χ0) is 90.9. The van der Waals surface area contributed by atoms with Crippen molar-refractivity contribution in [3.63, 3.8) is 0 Å². The Labute approximate surface area is 756 Å². The zero-order valence-corrected chi connectivity index (χ0v) is 71.6. The minimum atomic E-state index is -4.74. The number of aromatic nitrogens is 5. The Morgan fingerprint density at radius 1 is 0.620 bits per heavy atom. The normalized spacial score (nSPS) is 16.6. The molecule has 0 spiro atoms. The number of anilines is 2. The Bertz CT molecular complexity index is 4030. The summed E-state index contributed by atoms with van der Waals surface area (Å²) in [4.78, 5) is 148. The summed E-state index contributed by atoms with van der Waals surface area (Å²) in [5.41, 5.74) is 39.3. The summed E-state index contributed by atoms with van der Waals surface area (Å²) < 4.78 is 21.6. The second kappa shape index (κ2) is 65.2. The van der Waals surface area contributed by atoms with Crippen molar-refractivity contribution in [2.75, 3.05) is 43.5 Å². The van der Waals surface area contributed by atoms with Crippen LogP contribution < -0.4 is 146 Å². The number of hydrogen-bond donors (Lipinski definition) is 26. The maximum Gasteiger partial charge on any atom is 2.00 e. The van der Waals surface area contributed by atoms with E-state index in [1.807, 2.05) is 0 Å². The molecule has 1 amide bonds. The first-order chi connectivity index (χ1) is 54.9. The largest absolute Gasteiger partial charge is 2.00 e. The van der Waals surface area contributed by atoms with Gasteiger partial charge in [0.25, 0.3) is 5.56 Å². The topological polar surface area (TPSA) is 983 Å². The number of aliphatic carboxylic acids is 8. The second-order valence-electron chi connectivity index (χ2n) is 22.9. The summed E-state index contributed by atoms with van der Waals surface area (Å²) in [7, 11) is -4.74. The summed E-state index contributed by atoms with van der Waals surface area (Å²) in [6.07, 6.45) is -14.2. The molecule has 4 heterocycles. The molecule has 0 radical (unpaired) electrons. The molecule has 1 fully saturated rings. The number of carboxylic acids is 8. The number of aliphatic hydroxyl groups is 12. The van der Waals surface area contributed by atoms with E-state index in [9.17, 15) is 93.4 Å². The van der Waals surface area contributed by atoms with Crippen LogP contribution in [0.5, 0.6) is 0 Å². The molecule has 3 aromatic heterocycles. The maximum atomic E-state index is 11.6. The van der Waals surface area contributed by atoms with Crippen LogP contribution in [0.3, 0.4) is 0 Å². The number of aromatic amines is 1. The van der Waals surface area contributed by atoms with Crippen LogP contribution in [0.25, 0.3) is 11.2 Å². The summed E-state index contributed by atoms with van der Waals surface area (Å²) in [6.45, 7) is -1.19. The van der Waals surface area contributed by atoms with Gasteiger partial charge in [-0.2, -0.15) is 9.98 Å². The summed E-state index contributed by atoms with van der Waals surface area (Å²) in [5, 5.41) is 188. The smallest absolute Gasteiger partial charge is 0.550 e. The van der Waals surface area contributed by atoms with Gasteiger partial charge in [0, 0.05) is 95.7 Å². The van der Waals surface area contributed by atoms with Crippen molar-refractivity contribution in [3.05, 3.63) is 112 Å². The van der Waals surface area contributed by atoms with Gasteiger partial charge in [-0.05, 0) is 86.3 Å². The number of amides is 1. The number of nitrogens with one attached hydrogen (secondary N) is 3. The molecule has 33 N–H and O–H groups in total. The zero-order valence-electron chi connectivity index (χ0n) is 65.8. The van der Waals surface area contributed by atoms with Gasteiger partial charge in [0.1, 0.15) is 54.9 Å². The Kier molecular flexibility index (Phi) is 65.2. The fourth-order valence-electron chi connectivity index (χ4n) is 7.59. The van der Waals surface area contributed by atoms with Crippen molar-refractivity contribution >= 4 is 154 Å². The Balaban J connectivity index is -0.000000265. The molecule has 14 atom stereocenters. The molecule has 121 heavy (non-hydrogen) atoms. The number of nitrogens with zero attached hydrogens (tertiary/aromatic N) is 8. The molecule has 53 nitrogen and oxygen atoms in total. The standard InChI is InChI=1S/C22H30Cl2N10.C10H13N4O8P.C6H6N2O.2C6H12O7.2C4H7NO4.C4H6O4.Mg.2Na/c23-15-5-9-17(10-6-15)31-21(27)33-19(25)29-13-3-1-2-4-14-30-20(26)34-22(28)32-18-11-7-16(24)8-12-18;15-6-4(1-21-23(18,19)20)22-10(7(6)16)14-3-13-5-8(14)11-2-12-9(5)17;7-6(9)5-2-1-3-8-4-5;2*7-1-2(8)3(9)4(10)5(11)6(12)13;2*5-2(4(8)9)1-3(6)7;5-3(6)1-2-4(7)8;;;/h5-12H,1-4,13-14H2,(H5,25,27,29,31,33)(H5,26,28,30,32,34);2-4,6-7,10,15-16H,1H2,(H,11,12,17)(H2,18,19,20);1-4H,(H2,7,9);2*2-5,7-11H,1H2,(H,12,13);2*2H,1,5H2,(H,6,7)(H,8,9);1-2H2,(H,5,6)(H,7,8);;;/q;;;;;;;;+2;2*+1/p-4/t;4-,6-,7-,10-;;2*2-,3-,4+,5-;;;;;;/m.1.11....../s1. The summed E-state index contributed by atoms with van der Waals surface area (Å²) >= 11 is 11.7. The van der Waals surface area contributed by atoms with Crippen molar-refractivity contribution in [3.8, 4) is 0 Å². The van der Waals surface area contributed by atoms with E-state index in [0.717, 1.165) is 43.4 Å². The van der Waals surface area contributed by atoms with Crippen LogP contribution in [0.1, 0.15) is 70.8 Å². The number of pyridine rings is 1. The van der Waals surface area contributed by atoms with Gasteiger partial charge in [-0.1, -0.05) is 36.0 Å². The van der Waals surface area contributed by atoms with Gasteiger partial charge < -0.3 is 201 Å². The van der Waals surface area contributed by atoms with E-state index in [4.69, 9.17) is 139 Å². The number of H-pyrrole nitrogens is 1. The number of unbranched alkanes of at least 4 members (excludes halogenated alkanes) is 3. The van der Waals surface area contributed by atoms with Crippen LogP contribution >= 0.6 is 31.0 Å². The van der Waals surface area contributed by atoms with E-state index in [1.54, 1.807) is 66.9 Å². The molecule has 6 rings (SSSR count). The molecule has 5 aromatic rings. The number of carboxylic acid groups (broad SMARTS) is 8. The number of ether oxygens (including phenoxy) is 1. The fraction of sp³-hybridized carbons (Fsp3) is 0.435. The Morgan fingerprint density at radius 3 is 1.32 bits per heavy atom. The van der Waals surface area contributed by atoms with Crippen molar-refractivity contribution < 1.29 is 231 Å². The average Bonchev–Trinajstić information content (AvgIpc) is 1.62. The molecule has 0 bridgehead atoms. The molecular weight excluding hydrogens is 1730 g/mol. The fourth-order valence-corrected chi connectivity index (χ4v) is 8.18. The van der Waals surface area contributed by atoms with Gasteiger partial charge in [0.15, 0.2) is 29.6 Å². The third kappa shape index (κ3) is 54.6. The number of aliphatic imine (C=N–C) groups is 4. The number of aliphatic hydroxyl groups excluding tert-OH is 12. The predicted octanol–water partition coefficient (Wildman–Crippen LogP) is -22.1. The summed E-state index contributed by atoms with van der Waals surface area (Å²) in [5.74, 6) is -12.2. The van der Waals surface area contributed by atoms with Crippen LogP contribution in [-0.4, -0.2) is 318 Å². The quantitative estimate of drug-likeness (QED) is 0.00610. The number of rotatable bonds is 33. The first kappa shape index (κ1) is 121. The van der Waals surface area contributed by atoms with E-state index in [0.29, 0.717) is 28.7 Å². The van der Waals surface area contributed by atoms with E-state index in [1.165, 1.54) is 17.1 Å². The number of phosphoric ester groups is 1. The molecule has 660 valence electrons. The van der Waals surface area contributed by atoms with Gasteiger partial charge >= 0.3 is 105 Å². The second-order valence-corrected chi connectivity index (χ2v) is 25.0. The molecule has 1 saturated heterocycles. The SMILES string of the molecule is NC(=NCCCCCCN=C(N)/N=C(\N)Nc1ccc(Cl)cc1)/N=C(\N)Nc1ccc(Cl)cc1.NC(=O)c1cccnc1.NC(CC(=O)[O-])C(=O)[O-].NC(CC(=O)[O-])C(=O)[O-].O=C(O)[C@H](O)[C@@H](O)[C@H](O)[C@H](O)CO.O=C(O)[C@H](O)[C@@H](O)[C@H](O)[C@H](O)CO.O=C([O-])CCC(=O)[O-].O=c1[nH]cnc2c1ncn2[C@@H]1O[C@H](COP(=O)(O)O)[C@@H](O)[C@H]1O.[H+].[H+].[Mg+2].[Na+].[Na+]. The van der Waals surface area contributed by atoms with Crippen LogP contribution in [0.2, 0.25) is 10.0 Å². The number of primary amides is 1. The van der Waals surface area contributed by atoms with E-state index >= 15 is 0 Å². The predicted molar refractivity (Wildman–Crippen MR) is 400 cm³/mol. The minimum absolute atomic E-state index is 0. The molecule has 59 heteroatoms. The van der Waals surface area contributed by atoms with E-state index < -0.39 is 198 Å². The third-order valence-electron chi connectivity index (χ3n) is 13.6. The van der Waals surface area contributed by atoms with E-state index in [-0.39, 0.29) is 120 Å². The number of fused-ring (bicyclic) bond motifs is 1. The molecule has 0 aliphatic carbocycles. The maximum absolute atomic E-state index is 11.6. The monoisotopic (exact) mass is 1820 g/mol. The molecule has 2 aromatic carbocycles. The van der Waals surface area contributed by atoms with Gasteiger partial charge in [0.2, 0.25) is 29.7 Å². The first-order valence-electron chi connectivity index (χ1n) is 32.9. The Hall–Kier alpha value is -8.49. The van der Waals surface area contributed by atoms with E-state index in [2.05, 4.69) is 55.1 Å². The number of phosphoric acid groups is 1. The van der Waals surface area contributed by atoms with Crippen molar-refractivity contribution in [2.24, 2.45) is 60.1 Å². The number of imidazole rings is 1. The number of halogens is 2. The van der Waals surface area contributed by atoms with Gasteiger partial charge in [-0.15, -0.1) is 0 Å². The molecule has 2 unspecified atom stereocenters. The van der Waals surface area contributed by atoms with Gasteiger partial charge in [-0.3, -0.25) is 33.6 Å². The molecule has 1 aliphatic rings. The van der Waals surface area contributed by atoms with Crippen LogP contribution in [0, 0.1) is 0 Å². The minimum Gasteiger partial charge on any atom is -0.550 e. The number of carbonyl (C=O) groups is 9. The van der Waals surface area contributed by atoms with Gasteiger partial charge in [0.05, 0.1) is 50.0 Å². The molecular formula is C62H89Cl2MgN18Na2O35P.